The molecular weight excluding hydrogens is 226 g/mol. The van der Waals surface area contributed by atoms with Crippen LogP contribution in [0, 0.1) is 23.2 Å². The Kier molecular flexibility index (Phi) is 3.21. The maximum Gasteiger partial charge on any atom is 0.231 e. The zero-order chi connectivity index (χ0) is 13.5. The fourth-order valence-corrected chi connectivity index (χ4v) is 2.59. The van der Waals surface area contributed by atoms with Crippen molar-refractivity contribution in [2.75, 3.05) is 6.54 Å². The molecule has 4 nitrogen and oxygen atoms in total. The largest absolute Gasteiger partial charge is 0.346 e. The van der Waals surface area contributed by atoms with Crippen molar-refractivity contribution in [2.45, 2.75) is 39.2 Å². The normalized spacial score (nSPS) is 35.7. The first-order valence-electron chi connectivity index (χ1n) is 6.70. The van der Waals surface area contributed by atoms with Gasteiger partial charge in [-0.15, -0.1) is 6.58 Å². The van der Waals surface area contributed by atoms with Gasteiger partial charge in [-0.25, -0.2) is 0 Å². The summed E-state index contributed by atoms with van der Waals surface area (Å²) in [6.45, 7) is 10.8. The second kappa shape index (κ2) is 4.41. The first-order valence-corrected chi connectivity index (χ1v) is 6.70. The first kappa shape index (κ1) is 13.1. The minimum Gasteiger partial charge on any atom is -0.346 e. The highest BCUT2D eigenvalue weighted by atomic mass is 16.2. The summed E-state index contributed by atoms with van der Waals surface area (Å²) in [6.07, 6.45) is 3.35. The van der Waals surface area contributed by atoms with Crippen LogP contribution in [0.5, 0.6) is 0 Å². The van der Waals surface area contributed by atoms with E-state index in [9.17, 15) is 4.79 Å². The third-order valence-electron chi connectivity index (χ3n) is 4.45. The summed E-state index contributed by atoms with van der Waals surface area (Å²) in [5.74, 6) is 1.79. The molecule has 1 amide bonds. The van der Waals surface area contributed by atoms with Gasteiger partial charge in [0, 0.05) is 6.54 Å². The monoisotopic (exact) mass is 249 g/mol. The molecule has 2 fully saturated rings. The summed E-state index contributed by atoms with van der Waals surface area (Å²) in [5.41, 5.74) is -0.458. The third-order valence-corrected chi connectivity index (χ3v) is 4.45. The Bertz CT molecular complexity index is 371. The van der Waals surface area contributed by atoms with Gasteiger partial charge in [-0.05, 0) is 24.2 Å². The van der Waals surface area contributed by atoms with Crippen LogP contribution in [0.2, 0.25) is 0 Å². The molecule has 1 aliphatic carbocycles. The van der Waals surface area contributed by atoms with E-state index in [-0.39, 0.29) is 17.8 Å². The van der Waals surface area contributed by atoms with Crippen molar-refractivity contribution in [3.05, 3.63) is 12.7 Å². The van der Waals surface area contributed by atoms with E-state index in [2.05, 4.69) is 18.8 Å². The summed E-state index contributed by atoms with van der Waals surface area (Å²) in [5, 5.41) is 11.2. The molecule has 0 aromatic carbocycles. The summed E-state index contributed by atoms with van der Waals surface area (Å²) in [6, 6.07) is 0. The van der Waals surface area contributed by atoms with Gasteiger partial charge in [0.05, 0.1) is 12.0 Å². The Hall–Kier alpha value is -1.32. The Morgan fingerprint density at radius 1 is 1.67 bits per heavy atom. The van der Waals surface area contributed by atoms with Crippen molar-refractivity contribution in [1.29, 1.82) is 5.41 Å². The smallest absolute Gasteiger partial charge is 0.231 e. The Labute approximate surface area is 109 Å². The molecule has 0 aromatic rings. The van der Waals surface area contributed by atoms with Gasteiger partial charge in [0.15, 0.2) is 5.96 Å². The van der Waals surface area contributed by atoms with Crippen LogP contribution < -0.4 is 5.32 Å². The lowest BCUT2D eigenvalue weighted by Crippen LogP contribution is -2.63. The van der Waals surface area contributed by atoms with E-state index >= 15 is 0 Å². The van der Waals surface area contributed by atoms with E-state index in [4.69, 9.17) is 5.41 Å². The van der Waals surface area contributed by atoms with Crippen LogP contribution in [0.4, 0.5) is 0 Å². The van der Waals surface area contributed by atoms with Crippen LogP contribution in [0.15, 0.2) is 12.7 Å². The predicted octanol–water partition coefficient (Wildman–Crippen LogP) is 1.98. The predicted molar refractivity (Wildman–Crippen MR) is 72.2 cm³/mol. The number of amides is 1. The average Bonchev–Trinajstić information content (AvgIpc) is 2.99. The zero-order valence-electron chi connectivity index (χ0n) is 11.5. The van der Waals surface area contributed by atoms with Gasteiger partial charge in [-0.3, -0.25) is 15.1 Å². The summed E-state index contributed by atoms with van der Waals surface area (Å²) >= 11 is 0. The number of rotatable bonds is 4. The Morgan fingerprint density at radius 3 is 2.67 bits per heavy atom. The van der Waals surface area contributed by atoms with Crippen LogP contribution in [-0.2, 0) is 4.79 Å². The molecule has 18 heavy (non-hydrogen) atoms. The zero-order valence-corrected chi connectivity index (χ0v) is 11.5. The molecule has 1 saturated carbocycles. The van der Waals surface area contributed by atoms with Crippen LogP contribution in [0.1, 0.15) is 33.6 Å². The highest BCUT2D eigenvalue weighted by molar-refractivity contribution is 5.99. The number of guanidine groups is 1. The topological polar surface area (TPSA) is 56.2 Å². The van der Waals surface area contributed by atoms with Crippen LogP contribution >= 0.6 is 0 Å². The minimum atomic E-state index is -0.458. The molecule has 4 heteroatoms. The van der Waals surface area contributed by atoms with Crippen molar-refractivity contribution in [1.82, 2.24) is 10.2 Å². The number of carbonyl (C=O) groups excluding carboxylic acids is 1. The fraction of sp³-hybridized carbons (Fsp3) is 0.714. The molecule has 100 valence electrons. The maximum atomic E-state index is 12.3. The number of hydrogen-bond donors (Lipinski definition) is 2. The maximum absolute atomic E-state index is 12.3. The highest BCUT2D eigenvalue weighted by Gasteiger charge is 2.44. The minimum absolute atomic E-state index is 0.0476. The summed E-state index contributed by atoms with van der Waals surface area (Å²) in [4.78, 5) is 13.8. The molecule has 0 radical (unpaired) electrons. The van der Waals surface area contributed by atoms with E-state index in [0.29, 0.717) is 24.8 Å². The van der Waals surface area contributed by atoms with E-state index < -0.39 is 5.54 Å². The standard InChI is InChI=1S/C14H23N3O/c1-5-14(9(2)3)7-12(18)17(13(15)16-14)8-11-6-10(11)4/h5,9-11H,1,6-8H2,2-4H3,(H2,15,16)/t10-,11?,14+/m1/s1. The van der Waals surface area contributed by atoms with Crippen LogP contribution in [-0.4, -0.2) is 28.9 Å². The van der Waals surface area contributed by atoms with E-state index in [1.54, 1.807) is 11.0 Å². The number of nitrogens with zero attached hydrogens (tertiary/aromatic N) is 1. The molecule has 1 unspecified atom stereocenters. The average molecular weight is 249 g/mol. The molecule has 1 heterocycles. The molecule has 0 bridgehead atoms. The Balaban J connectivity index is 2.09. The SMILES string of the molecule is C=C[C@@]1(C(C)C)CC(=O)N(CC2C[C@H]2C)C(=N)N1. The van der Waals surface area contributed by atoms with E-state index in [1.807, 2.05) is 13.8 Å². The molecule has 2 rings (SSSR count). The van der Waals surface area contributed by atoms with Gasteiger partial charge in [0.25, 0.3) is 0 Å². The summed E-state index contributed by atoms with van der Waals surface area (Å²) < 4.78 is 0. The van der Waals surface area contributed by atoms with E-state index in [0.717, 1.165) is 0 Å². The molecular formula is C14H23N3O. The number of carbonyl (C=O) groups is 1. The van der Waals surface area contributed by atoms with E-state index in [1.165, 1.54) is 6.42 Å². The lowest BCUT2D eigenvalue weighted by atomic mass is 9.81. The second-order valence-corrected chi connectivity index (χ2v) is 6.03. The van der Waals surface area contributed by atoms with Gasteiger partial charge in [-0.1, -0.05) is 26.8 Å². The van der Waals surface area contributed by atoms with Gasteiger partial charge < -0.3 is 5.32 Å². The van der Waals surface area contributed by atoms with Crippen molar-refractivity contribution in [3.8, 4) is 0 Å². The molecule has 1 aliphatic heterocycles. The lowest BCUT2D eigenvalue weighted by Gasteiger charge is -2.43. The van der Waals surface area contributed by atoms with Crippen molar-refractivity contribution >= 4 is 11.9 Å². The second-order valence-electron chi connectivity index (χ2n) is 6.03. The third kappa shape index (κ3) is 2.16. The van der Waals surface area contributed by atoms with Crippen LogP contribution in [0.25, 0.3) is 0 Å². The number of hydrogen-bond acceptors (Lipinski definition) is 2. The molecule has 3 atom stereocenters. The van der Waals surface area contributed by atoms with Crippen molar-refractivity contribution in [2.24, 2.45) is 17.8 Å². The molecule has 2 N–H and O–H groups in total. The van der Waals surface area contributed by atoms with Gasteiger partial charge >= 0.3 is 0 Å². The van der Waals surface area contributed by atoms with Crippen molar-refractivity contribution in [3.63, 3.8) is 0 Å². The molecule has 0 aromatic heterocycles. The summed E-state index contributed by atoms with van der Waals surface area (Å²) in [7, 11) is 0. The van der Waals surface area contributed by atoms with Gasteiger partial charge in [0.1, 0.15) is 0 Å². The highest BCUT2D eigenvalue weighted by Crippen LogP contribution is 2.39. The van der Waals surface area contributed by atoms with Gasteiger partial charge in [-0.2, -0.15) is 0 Å². The fourth-order valence-electron chi connectivity index (χ4n) is 2.59. The first-order chi connectivity index (χ1) is 8.39. The molecule has 2 aliphatic rings. The van der Waals surface area contributed by atoms with Gasteiger partial charge in [0.2, 0.25) is 5.91 Å². The molecule has 1 saturated heterocycles. The lowest BCUT2D eigenvalue weighted by molar-refractivity contribution is -0.130. The number of nitrogens with one attached hydrogen (secondary N) is 2. The quantitative estimate of drug-likeness (QED) is 0.749. The van der Waals surface area contributed by atoms with Crippen molar-refractivity contribution < 1.29 is 4.79 Å². The Morgan fingerprint density at radius 2 is 2.28 bits per heavy atom. The van der Waals surface area contributed by atoms with Crippen LogP contribution in [0.3, 0.4) is 0 Å². The molecule has 0 spiro atoms.